The van der Waals surface area contributed by atoms with Crippen molar-refractivity contribution in [2.45, 2.75) is 20.1 Å². The molecule has 0 aliphatic carbocycles. The van der Waals surface area contributed by atoms with Crippen LogP contribution in [0, 0.1) is 0 Å². The highest BCUT2D eigenvalue weighted by Gasteiger charge is 2.13. The lowest BCUT2D eigenvalue weighted by Gasteiger charge is -2.13. The lowest BCUT2D eigenvalue weighted by Crippen LogP contribution is -2.18. The summed E-state index contributed by atoms with van der Waals surface area (Å²) < 4.78 is 10.2. The first kappa shape index (κ1) is 12.5. The third kappa shape index (κ3) is 3.21. The molecule has 0 amide bonds. The predicted octanol–water partition coefficient (Wildman–Crippen LogP) is 2.87. The Morgan fingerprint density at radius 1 is 1.50 bits per heavy atom. The minimum Gasteiger partial charge on any atom is -0.432 e. The van der Waals surface area contributed by atoms with Gasteiger partial charge in [0.15, 0.2) is 6.29 Å². The molecule has 0 spiro atoms. The molecule has 1 aromatic carbocycles. The Morgan fingerprint density at radius 3 is 2.81 bits per heavy atom. The number of hydrogen-bond acceptors (Lipinski definition) is 3. The predicted molar refractivity (Wildman–Crippen MR) is 63.0 cm³/mol. The van der Waals surface area contributed by atoms with E-state index in [1.165, 1.54) is 0 Å². The summed E-state index contributed by atoms with van der Waals surface area (Å²) in [4.78, 5) is 11.8. The molecular formula is C13H16O3. The van der Waals surface area contributed by atoms with Crippen molar-refractivity contribution in [1.29, 1.82) is 0 Å². The SMILES string of the molecule is C=Cc1ccccc1C(=O)OC(C)OCC. The number of benzene rings is 1. The summed E-state index contributed by atoms with van der Waals surface area (Å²) in [5, 5.41) is 0. The van der Waals surface area contributed by atoms with Gasteiger partial charge in [-0.15, -0.1) is 0 Å². The van der Waals surface area contributed by atoms with Crippen molar-refractivity contribution in [3.63, 3.8) is 0 Å². The molecule has 0 saturated carbocycles. The molecule has 1 atom stereocenters. The maximum Gasteiger partial charge on any atom is 0.341 e. The van der Waals surface area contributed by atoms with Crippen LogP contribution in [0.1, 0.15) is 29.8 Å². The van der Waals surface area contributed by atoms with Crippen LogP contribution in [-0.4, -0.2) is 18.9 Å². The first-order valence-electron chi connectivity index (χ1n) is 5.23. The summed E-state index contributed by atoms with van der Waals surface area (Å²) in [7, 11) is 0. The highest BCUT2D eigenvalue weighted by Crippen LogP contribution is 2.12. The van der Waals surface area contributed by atoms with E-state index < -0.39 is 12.3 Å². The molecular weight excluding hydrogens is 204 g/mol. The van der Waals surface area contributed by atoms with Crippen LogP contribution in [0.5, 0.6) is 0 Å². The molecule has 16 heavy (non-hydrogen) atoms. The van der Waals surface area contributed by atoms with Gasteiger partial charge in [-0.1, -0.05) is 30.9 Å². The Bertz CT molecular complexity index is 371. The van der Waals surface area contributed by atoms with E-state index in [-0.39, 0.29) is 0 Å². The van der Waals surface area contributed by atoms with Crippen LogP contribution in [0.25, 0.3) is 6.08 Å². The average Bonchev–Trinajstić information content (AvgIpc) is 2.29. The Kier molecular flexibility index (Phi) is 4.73. The van der Waals surface area contributed by atoms with Gasteiger partial charge in [0.2, 0.25) is 0 Å². The zero-order valence-electron chi connectivity index (χ0n) is 9.60. The fraction of sp³-hybridized carbons (Fsp3) is 0.308. The molecule has 0 bridgehead atoms. The lowest BCUT2D eigenvalue weighted by molar-refractivity contribution is -0.0940. The number of carbonyl (C=O) groups excluding carboxylic acids is 1. The Labute approximate surface area is 95.7 Å². The quantitative estimate of drug-likeness (QED) is 0.565. The summed E-state index contributed by atoms with van der Waals surface area (Å²) >= 11 is 0. The van der Waals surface area contributed by atoms with Gasteiger partial charge in [-0.3, -0.25) is 0 Å². The van der Waals surface area contributed by atoms with Crippen molar-refractivity contribution in [2.75, 3.05) is 6.61 Å². The number of esters is 1. The summed E-state index contributed by atoms with van der Waals surface area (Å²) in [6, 6.07) is 7.15. The Morgan fingerprint density at radius 2 is 2.19 bits per heavy atom. The van der Waals surface area contributed by atoms with E-state index in [4.69, 9.17) is 9.47 Å². The summed E-state index contributed by atoms with van der Waals surface area (Å²) in [5.74, 6) is -0.392. The van der Waals surface area contributed by atoms with Crippen LogP contribution in [0.15, 0.2) is 30.8 Å². The van der Waals surface area contributed by atoms with Crippen LogP contribution < -0.4 is 0 Å². The van der Waals surface area contributed by atoms with Gasteiger partial charge in [0, 0.05) is 6.61 Å². The molecule has 0 heterocycles. The van der Waals surface area contributed by atoms with Crippen LogP contribution in [0.2, 0.25) is 0 Å². The highest BCUT2D eigenvalue weighted by atomic mass is 16.7. The second kappa shape index (κ2) is 6.08. The van der Waals surface area contributed by atoms with E-state index in [0.717, 1.165) is 5.56 Å². The van der Waals surface area contributed by atoms with Gasteiger partial charge in [0.05, 0.1) is 5.56 Å². The standard InChI is InChI=1S/C13H16O3/c1-4-11-8-6-7-9-12(11)13(14)16-10(3)15-5-2/h4,6-10H,1,5H2,2-3H3. The molecule has 1 unspecified atom stereocenters. The zero-order chi connectivity index (χ0) is 12.0. The molecule has 0 N–H and O–H groups in total. The largest absolute Gasteiger partial charge is 0.432 e. The maximum atomic E-state index is 11.8. The minimum atomic E-state index is -0.532. The van der Waals surface area contributed by atoms with Crippen molar-refractivity contribution in [3.05, 3.63) is 42.0 Å². The number of hydrogen-bond donors (Lipinski definition) is 0. The normalized spacial score (nSPS) is 11.9. The van der Waals surface area contributed by atoms with Crippen molar-refractivity contribution in [3.8, 4) is 0 Å². The monoisotopic (exact) mass is 220 g/mol. The third-order valence-corrected chi connectivity index (χ3v) is 2.07. The Hall–Kier alpha value is -1.61. The van der Waals surface area contributed by atoms with Gasteiger partial charge in [0.1, 0.15) is 0 Å². The second-order valence-electron chi connectivity index (χ2n) is 3.22. The van der Waals surface area contributed by atoms with Gasteiger partial charge < -0.3 is 9.47 Å². The lowest BCUT2D eigenvalue weighted by atomic mass is 10.1. The first-order valence-corrected chi connectivity index (χ1v) is 5.23. The molecule has 0 saturated heterocycles. The second-order valence-corrected chi connectivity index (χ2v) is 3.22. The molecule has 3 heteroatoms. The molecule has 0 aliphatic rings. The zero-order valence-corrected chi connectivity index (χ0v) is 9.60. The smallest absolute Gasteiger partial charge is 0.341 e. The fourth-order valence-corrected chi connectivity index (χ4v) is 1.34. The number of carbonyl (C=O) groups is 1. The highest BCUT2D eigenvalue weighted by molar-refractivity contribution is 5.93. The molecule has 1 rings (SSSR count). The van der Waals surface area contributed by atoms with E-state index >= 15 is 0 Å². The maximum absolute atomic E-state index is 11.8. The molecule has 0 fully saturated rings. The van der Waals surface area contributed by atoms with E-state index in [0.29, 0.717) is 12.2 Å². The molecule has 1 aromatic rings. The summed E-state index contributed by atoms with van der Waals surface area (Å²) in [6.45, 7) is 7.70. The van der Waals surface area contributed by atoms with Crippen LogP contribution in [0.3, 0.4) is 0 Å². The Balaban J connectivity index is 2.76. The van der Waals surface area contributed by atoms with E-state index in [2.05, 4.69) is 6.58 Å². The van der Waals surface area contributed by atoms with Gasteiger partial charge >= 0.3 is 5.97 Å². The van der Waals surface area contributed by atoms with Crippen LogP contribution in [0.4, 0.5) is 0 Å². The topological polar surface area (TPSA) is 35.5 Å². The molecule has 86 valence electrons. The first-order chi connectivity index (χ1) is 7.69. The van der Waals surface area contributed by atoms with Crippen molar-refractivity contribution in [1.82, 2.24) is 0 Å². The fourth-order valence-electron chi connectivity index (χ4n) is 1.34. The van der Waals surface area contributed by atoms with Crippen LogP contribution >= 0.6 is 0 Å². The van der Waals surface area contributed by atoms with Crippen molar-refractivity contribution < 1.29 is 14.3 Å². The van der Waals surface area contributed by atoms with Crippen LogP contribution in [-0.2, 0) is 9.47 Å². The molecule has 3 nitrogen and oxygen atoms in total. The minimum absolute atomic E-state index is 0.392. The number of ether oxygens (including phenoxy) is 2. The van der Waals surface area contributed by atoms with Gasteiger partial charge in [-0.2, -0.15) is 0 Å². The summed E-state index contributed by atoms with van der Waals surface area (Å²) in [5.41, 5.74) is 1.26. The molecule has 0 radical (unpaired) electrons. The molecule has 0 aliphatic heterocycles. The van der Waals surface area contributed by atoms with Gasteiger partial charge in [0.25, 0.3) is 0 Å². The van der Waals surface area contributed by atoms with Crippen molar-refractivity contribution >= 4 is 12.0 Å². The van der Waals surface area contributed by atoms with E-state index in [9.17, 15) is 4.79 Å². The number of rotatable bonds is 5. The van der Waals surface area contributed by atoms with Gasteiger partial charge in [-0.25, -0.2) is 4.79 Å². The molecule has 0 aromatic heterocycles. The van der Waals surface area contributed by atoms with Gasteiger partial charge in [-0.05, 0) is 25.5 Å². The average molecular weight is 220 g/mol. The van der Waals surface area contributed by atoms with E-state index in [1.807, 2.05) is 19.1 Å². The third-order valence-electron chi connectivity index (χ3n) is 2.07. The van der Waals surface area contributed by atoms with E-state index in [1.54, 1.807) is 25.1 Å². The van der Waals surface area contributed by atoms with Crippen molar-refractivity contribution in [2.24, 2.45) is 0 Å². The summed E-state index contributed by atoms with van der Waals surface area (Å²) in [6.07, 6.45) is 1.09.